The summed E-state index contributed by atoms with van der Waals surface area (Å²) in [6.07, 6.45) is 9.66. The predicted molar refractivity (Wildman–Crippen MR) is 83.5 cm³/mol. The summed E-state index contributed by atoms with van der Waals surface area (Å²) in [5.74, 6) is 1.63. The molecule has 3 atom stereocenters. The number of fused-ring (bicyclic) bond motifs is 1. The monoisotopic (exact) mass is 336 g/mol. The molecule has 0 bridgehead atoms. The third-order valence-corrected chi connectivity index (χ3v) is 4.83. The van der Waals surface area contributed by atoms with Gasteiger partial charge in [-0.25, -0.2) is 9.97 Å². The van der Waals surface area contributed by atoms with Crippen LogP contribution in [0.25, 0.3) is 5.65 Å². The SMILES string of the molecule is CC1CCC(NCc2cnc3cnc(Br)cn23)C(C)C1. The lowest BCUT2D eigenvalue weighted by Crippen LogP contribution is -2.38. The largest absolute Gasteiger partial charge is 0.308 e. The molecular weight excluding hydrogens is 316 g/mol. The fraction of sp³-hybridized carbons (Fsp3) is 0.600. The normalized spacial score (nSPS) is 27.1. The maximum Gasteiger partial charge on any atom is 0.155 e. The van der Waals surface area contributed by atoms with Crippen LogP contribution in [0, 0.1) is 11.8 Å². The molecule has 3 unspecified atom stereocenters. The molecule has 0 aliphatic heterocycles. The Morgan fingerprint density at radius 3 is 2.95 bits per heavy atom. The molecule has 0 amide bonds. The Kier molecular flexibility index (Phi) is 4.08. The maximum atomic E-state index is 4.39. The number of imidazole rings is 1. The van der Waals surface area contributed by atoms with Crippen molar-refractivity contribution in [3.8, 4) is 0 Å². The molecule has 2 aromatic rings. The van der Waals surface area contributed by atoms with E-state index in [0.29, 0.717) is 6.04 Å². The molecule has 1 saturated carbocycles. The zero-order chi connectivity index (χ0) is 14.1. The highest BCUT2D eigenvalue weighted by molar-refractivity contribution is 9.10. The van der Waals surface area contributed by atoms with Crippen molar-refractivity contribution in [2.75, 3.05) is 0 Å². The molecule has 3 rings (SSSR count). The number of nitrogens with one attached hydrogen (secondary N) is 1. The summed E-state index contributed by atoms with van der Waals surface area (Å²) in [4.78, 5) is 8.60. The topological polar surface area (TPSA) is 42.2 Å². The van der Waals surface area contributed by atoms with Crippen LogP contribution in [0.1, 0.15) is 38.8 Å². The van der Waals surface area contributed by atoms with E-state index < -0.39 is 0 Å². The molecule has 2 aromatic heterocycles. The van der Waals surface area contributed by atoms with E-state index in [9.17, 15) is 0 Å². The molecule has 0 aromatic carbocycles. The highest BCUT2D eigenvalue weighted by Gasteiger charge is 2.24. The van der Waals surface area contributed by atoms with Gasteiger partial charge in [0.2, 0.25) is 0 Å². The lowest BCUT2D eigenvalue weighted by atomic mass is 9.80. The lowest BCUT2D eigenvalue weighted by molar-refractivity contribution is 0.226. The van der Waals surface area contributed by atoms with Gasteiger partial charge in [-0.2, -0.15) is 0 Å². The van der Waals surface area contributed by atoms with E-state index in [-0.39, 0.29) is 0 Å². The van der Waals surface area contributed by atoms with Gasteiger partial charge in [0.25, 0.3) is 0 Å². The number of hydrogen-bond donors (Lipinski definition) is 1. The third-order valence-electron chi connectivity index (χ3n) is 4.42. The van der Waals surface area contributed by atoms with Crippen LogP contribution in [0.3, 0.4) is 0 Å². The van der Waals surface area contributed by atoms with Gasteiger partial charge in [-0.1, -0.05) is 13.8 Å². The highest BCUT2D eigenvalue weighted by Crippen LogP contribution is 2.28. The van der Waals surface area contributed by atoms with Crippen molar-refractivity contribution in [1.82, 2.24) is 19.7 Å². The molecular formula is C15H21BrN4. The van der Waals surface area contributed by atoms with Crippen LogP contribution in [0.4, 0.5) is 0 Å². The Morgan fingerprint density at radius 2 is 2.15 bits per heavy atom. The van der Waals surface area contributed by atoms with E-state index in [4.69, 9.17) is 0 Å². The number of aromatic nitrogens is 3. The molecule has 1 N–H and O–H groups in total. The van der Waals surface area contributed by atoms with Crippen LogP contribution in [-0.4, -0.2) is 20.4 Å². The van der Waals surface area contributed by atoms with Gasteiger partial charge in [-0.3, -0.25) is 4.40 Å². The average molecular weight is 337 g/mol. The van der Waals surface area contributed by atoms with Gasteiger partial charge in [0.15, 0.2) is 5.65 Å². The molecule has 0 saturated heterocycles. The van der Waals surface area contributed by atoms with Gasteiger partial charge in [0.05, 0.1) is 18.1 Å². The van der Waals surface area contributed by atoms with E-state index in [0.717, 1.165) is 28.6 Å². The Balaban J connectivity index is 1.69. The van der Waals surface area contributed by atoms with Gasteiger partial charge >= 0.3 is 0 Å². The van der Waals surface area contributed by atoms with Gasteiger partial charge < -0.3 is 5.32 Å². The molecule has 0 radical (unpaired) electrons. The fourth-order valence-electron chi connectivity index (χ4n) is 3.25. The molecule has 5 heteroatoms. The number of nitrogens with zero attached hydrogens (tertiary/aromatic N) is 3. The lowest BCUT2D eigenvalue weighted by Gasteiger charge is -2.33. The van der Waals surface area contributed by atoms with Crippen LogP contribution in [0.5, 0.6) is 0 Å². The molecule has 4 nitrogen and oxygen atoms in total. The second-order valence-corrected chi connectivity index (χ2v) is 6.88. The summed E-state index contributed by atoms with van der Waals surface area (Å²) in [7, 11) is 0. The molecule has 108 valence electrons. The van der Waals surface area contributed by atoms with Crippen LogP contribution in [0.2, 0.25) is 0 Å². The molecule has 20 heavy (non-hydrogen) atoms. The Morgan fingerprint density at radius 1 is 1.30 bits per heavy atom. The van der Waals surface area contributed by atoms with E-state index in [1.54, 1.807) is 6.20 Å². The number of rotatable bonds is 3. The zero-order valence-electron chi connectivity index (χ0n) is 12.0. The summed E-state index contributed by atoms with van der Waals surface area (Å²) in [5, 5.41) is 3.71. The number of hydrogen-bond acceptors (Lipinski definition) is 3. The first-order valence-electron chi connectivity index (χ1n) is 7.34. The van der Waals surface area contributed by atoms with Crippen molar-refractivity contribution >= 4 is 21.6 Å². The van der Waals surface area contributed by atoms with Crippen molar-refractivity contribution in [2.24, 2.45) is 11.8 Å². The van der Waals surface area contributed by atoms with E-state index in [2.05, 4.69) is 49.5 Å². The summed E-state index contributed by atoms with van der Waals surface area (Å²) >= 11 is 3.41. The summed E-state index contributed by atoms with van der Waals surface area (Å²) in [6, 6.07) is 0.627. The molecule has 0 spiro atoms. The smallest absolute Gasteiger partial charge is 0.155 e. The van der Waals surface area contributed by atoms with Gasteiger partial charge in [-0.15, -0.1) is 0 Å². The quantitative estimate of drug-likeness (QED) is 0.933. The minimum Gasteiger partial charge on any atom is -0.308 e. The molecule has 1 aliphatic rings. The Bertz CT molecular complexity index is 595. The minimum atomic E-state index is 0.627. The van der Waals surface area contributed by atoms with Crippen LogP contribution in [0.15, 0.2) is 23.2 Å². The zero-order valence-corrected chi connectivity index (χ0v) is 13.6. The highest BCUT2D eigenvalue weighted by atomic mass is 79.9. The number of halogens is 1. The van der Waals surface area contributed by atoms with Gasteiger partial charge in [0, 0.05) is 18.8 Å². The third kappa shape index (κ3) is 2.88. The van der Waals surface area contributed by atoms with Crippen LogP contribution in [-0.2, 0) is 6.54 Å². The minimum absolute atomic E-state index is 0.627. The first kappa shape index (κ1) is 14.0. The second kappa shape index (κ2) is 5.82. The maximum absolute atomic E-state index is 4.39. The first-order chi connectivity index (χ1) is 9.63. The Labute approximate surface area is 128 Å². The second-order valence-electron chi connectivity index (χ2n) is 6.07. The van der Waals surface area contributed by atoms with E-state index >= 15 is 0 Å². The summed E-state index contributed by atoms with van der Waals surface area (Å²) in [5.41, 5.74) is 2.09. The van der Waals surface area contributed by atoms with Crippen molar-refractivity contribution in [3.63, 3.8) is 0 Å². The van der Waals surface area contributed by atoms with Crippen LogP contribution < -0.4 is 5.32 Å². The van der Waals surface area contributed by atoms with Crippen molar-refractivity contribution in [1.29, 1.82) is 0 Å². The van der Waals surface area contributed by atoms with E-state index in [1.807, 2.05) is 12.4 Å². The van der Waals surface area contributed by atoms with Crippen molar-refractivity contribution < 1.29 is 0 Å². The molecule has 2 heterocycles. The van der Waals surface area contributed by atoms with Crippen LogP contribution >= 0.6 is 15.9 Å². The van der Waals surface area contributed by atoms with Gasteiger partial charge in [-0.05, 0) is 47.0 Å². The molecule has 1 aliphatic carbocycles. The Hall–Kier alpha value is -0.940. The first-order valence-corrected chi connectivity index (χ1v) is 8.13. The van der Waals surface area contributed by atoms with Crippen molar-refractivity contribution in [2.45, 2.75) is 45.7 Å². The fourth-order valence-corrected chi connectivity index (χ4v) is 3.56. The van der Waals surface area contributed by atoms with Gasteiger partial charge in [0.1, 0.15) is 4.60 Å². The summed E-state index contributed by atoms with van der Waals surface area (Å²) < 4.78 is 2.93. The summed E-state index contributed by atoms with van der Waals surface area (Å²) in [6.45, 7) is 5.59. The molecule has 1 fully saturated rings. The predicted octanol–water partition coefficient (Wildman–Crippen LogP) is 3.41. The van der Waals surface area contributed by atoms with Crippen molar-refractivity contribution in [3.05, 3.63) is 28.9 Å². The van der Waals surface area contributed by atoms with E-state index in [1.165, 1.54) is 25.0 Å². The average Bonchev–Trinajstić information content (AvgIpc) is 2.80. The standard InChI is InChI=1S/C15H21BrN4/c1-10-3-4-13(11(2)5-10)17-6-12-7-19-15-8-18-14(16)9-20(12)15/h7-11,13,17H,3-6H2,1-2H3.